The van der Waals surface area contributed by atoms with Crippen LogP contribution in [0.4, 0.5) is 0 Å². The summed E-state index contributed by atoms with van der Waals surface area (Å²) in [6.07, 6.45) is 10.0. The summed E-state index contributed by atoms with van der Waals surface area (Å²) in [6.45, 7) is 14.3. The molecule has 1 fully saturated rings. The van der Waals surface area contributed by atoms with Gasteiger partial charge < -0.3 is 24.5 Å². The number of amides is 2. The number of nitrogens with zero attached hydrogens (tertiary/aromatic N) is 2. The van der Waals surface area contributed by atoms with Gasteiger partial charge in [-0.1, -0.05) is 69.7 Å². The number of fused-ring (bicyclic) bond motifs is 3. The average Bonchev–Trinajstić information content (AvgIpc) is 3.56. The average molecular weight is 540 g/mol. The zero-order valence-electron chi connectivity index (χ0n) is 23.6. The maximum absolute atomic E-state index is 13.3. The first-order valence-corrected chi connectivity index (χ1v) is 13.6. The molecule has 1 saturated heterocycles. The number of hydrogen-bond acceptors (Lipinski definition) is 7. The number of oxazole rings is 1. The van der Waals surface area contributed by atoms with Gasteiger partial charge >= 0.3 is 5.97 Å². The number of aliphatic hydroxyl groups excluding tert-OH is 1. The third-order valence-corrected chi connectivity index (χ3v) is 7.28. The molecule has 2 aliphatic rings. The van der Waals surface area contributed by atoms with Gasteiger partial charge in [0.15, 0.2) is 11.6 Å². The molecule has 2 N–H and O–H groups in total. The van der Waals surface area contributed by atoms with Crippen molar-refractivity contribution in [1.82, 2.24) is 15.2 Å². The van der Waals surface area contributed by atoms with Crippen LogP contribution in [0.3, 0.4) is 0 Å². The Morgan fingerprint density at radius 2 is 1.95 bits per heavy atom. The number of allylic oxidation sites excluding steroid dienone is 2. The minimum absolute atomic E-state index is 0.00155. The lowest BCUT2D eigenvalue weighted by Crippen LogP contribution is -2.44. The molecule has 39 heavy (non-hydrogen) atoms. The lowest BCUT2D eigenvalue weighted by atomic mass is 9.93. The quantitative estimate of drug-likeness (QED) is 0.412. The largest absolute Gasteiger partial charge is 0.460 e. The van der Waals surface area contributed by atoms with Crippen molar-refractivity contribution in [3.63, 3.8) is 0 Å². The molecule has 1 aromatic rings. The Morgan fingerprint density at radius 3 is 2.67 bits per heavy atom. The first kappa shape index (κ1) is 30.1. The molecule has 0 aromatic carbocycles. The van der Waals surface area contributed by atoms with E-state index in [1.165, 1.54) is 17.2 Å². The van der Waals surface area contributed by atoms with Crippen molar-refractivity contribution in [2.45, 2.75) is 72.1 Å². The molecular weight excluding hydrogens is 498 g/mol. The van der Waals surface area contributed by atoms with E-state index in [1.54, 1.807) is 18.2 Å². The van der Waals surface area contributed by atoms with Gasteiger partial charge in [-0.2, -0.15) is 0 Å². The Balaban J connectivity index is 1.88. The van der Waals surface area contributed by atoms with E-state index in [-0.39, 0.29) is 35.8 Å². The topological polar surface area (TPSA) is 122 Å². The van der Waals surface area contributed by atoms with E-state index in [9.17, 15) is 19.5 Å². The highest BCUT2D eigenvalue weighted by atomic mass is 16.5. The smallest absolute Gasteiger partial charge is 0.329 e. The van der Waals surface area contributed by atoms with Crippen molar-refractivity contribution in [1.29, 1.82) is 0 Å². The number of carbonyl (C=O) groups excluding carboxylic acids is 3. The Labute approximate surface area is 230 Å². The van der Waals surface area contributed by atoms with Gasteiger partial charge in [0.05, 0.1) is 6.10 Å². The fourth-order valence-electron chi connectivity index (χ4n) is 4.83. The first-order valence-electron chi connectivity index (χ1n) is 13.6. The van der Waals surface area contributed by atoms with Gasteiger partial charge in [-0.3, -0.25) is 9.59 Å². The van der Waals surface area contributed by atoms with Crippen molar-refractivity contribution in [3.8, 4) is 0 Å². The fourth-order valence-corrected chi connectivity index (χ4v) is 4.83. The minimum atomic E-state index is -0.788. The van der Waals surface area contributed by atoms with Gasteiger partial charge in [-0.15, -0.1) is 0 Å². The molecule has 3 rings (SSSR count). The number of aromatic nitrogens is 1. The third-order valence-electron chi connectivity index (χ3n) is 7.28. The molecule has 3 heterocycles. The van der Waals surface area contributed by atoms with Crippen LogP contribution in [0.2, 0.25) is 0 Å². The second-order valence-corrected chi connectivity index (χ2v) is 10.8. The second kappa shape index (κ2) is 13.6. The maximum atomic E-state index is 13.3. The van der Waals surface area contributed by atoms with Crippen LogP contribution in [0.25, 0.3) is 0 Å². The van der Waals surface area contributed by atoms with Crippen LogP contribution in [0.5, 0.6) is 0 Å². The summed E-state index contributed by atoms with van der Waals surface area (Å²) >= 11 is 0. The summed E-state index contributed by atoms with van der Waals surface area (Å²) in [5.74, 6) is -1.31. The molecular formula is C30H41N3O6. The number of carbonyl (C=O) groups is 3. The molecule has 0 spiro atoms. The SMILES string of the molecule is C=C1Cc2nc(co2)C(=O)N2CCC[C@@H]2C(=O)O[C@H](C(C)C)[C@H](C)/C=C/C(=O)NC/C=C/C(C)=C/[C@@H](O)[C@@H]1C. The van der Waals surface area contributed by atoms with Gasteiger partial charge in [0.1, 0.15) is 18.4 Å². The molecule has 0 aliphatic carbocycles. The van der Waals surface area contributed by atoms with E-state index in [4.69, 9.17) is 9.15 Å². The summed E-state index contributed by atoms with van der Waals surface area (Å²) in [7, 11) is 0. The minimum Gasteiger partial charge on any atom is -0.460 e. The Kier molecular flexibility index (Phi) is 10.5. The number of hydrogen-bond donors (Lipinski definition) is 2. The second-order valence-electron chi connectivity index (χ2n) is 10.8. The molecule has 212 valence electrons. The highest BCUT2D eigenvalue weighted by Crippen LogP contribution is 2.26. The molecule has 9 heteroatoms. The highest BCUT2D eigenvalue weighted by Gasteiger charge is 2.38. The summed E-state index contributed by atoms with van der Waals surface area (Å²) < 4.78 is 11.5. The molecule has 2 aliphatic heterocycles. The zero-order chi connectivity index (χ0) is 28.7. The third kappa shape index (κ3) is 8.02. The molecule has 0 unspecified atom stereocenters. The maximum Gasteiger partial charge on any atom is 0.329 e. The molecule has 1 aromatic heterocycles. The summed E-state index contributed by atoms with van der Waals surface area (Å²) in [5, 5.41) is 13.5. The number of ether oxygens (including phenoxy) is 1. The van der Waals surface area contributed by atoms with Gasteiger partial charge in [0.25, 0.3) is 5.91 Å². The van der Waals surface area contributed by atoms with Gasteiger partial charge in [0, 0.05) is 31.3 Å². The van der Waals surface area contributed by atoms with Gasteiger partial charge in [-0.25, -0.2) is 9.78 Å². The zero-order valence-corrected chi connectivity index (χ0v) is 23.6. The molecule has 9 nitrogen and oxygen atoms in total. The first-order chi connectivity index (χ1) is 18.5. The number of aliphatic hydroxyl groups is 1. The predicted octanol–water partition coefficient (Wildman–Crippen LogP) is 3.77. The van der Waals surface area contributed by atoms with E-state index in [1.807, 2.05) is 40.7 Å². The number of cyclic esters (lactones) is 1. The Hall–Kier alpha value is -3.46. The van der Waals surface area contributed by atoms with Crippen LogP contribution in [-0.4, -0.2) is 64.1 Å². The lowest BCUT2D eigenvalue weighted by molar-refractivity contribution is -0.158. The summed E-state index contributed by atoms with van der Waals surface area (Å²) in [5.41, 5.74) is 1.66. The van der Waals surface area contributed by atoms with Crippen LogP contribution >= 0.6 is 0 Å². The van der Waals surface area contributed by atoms with Crippen LogP contribution in [0.1, 0.15) is 63.8 Å². The van der Waals surface area contributed by atoms with Crippen LogP contribution in [-0.2, 0) is 20.7 Å². The molecule has 2 amide bonds. The van der Waals surface area contributed by atoms with E-state index >= 15 is 0 Å². The molecule has 0 saturated carbocycles. The fraction of sp³-hybridized carbons (Fsp3) is 0.533. The van der Waals surface area contributed by atoms with E-state index in [2.05, 4.69) is 16.9 Å². The predicted molar refractivity (Wildman–Crippen MR) is 148 cm³/mol. The number of rotatable bonds is 1. The van der Waals surface area contributed by atoms with Crippen LogP contribution in [0.15, 0.2) is 58.8 Å². The van der Waals surface area contributed by atoms with Crippen molar-refractivity contribution in [2.75, 3.05) is 13.1 Å². The van der Waals surface area contributed by atoms with Gasteiger partial charge in [-0.05, 0) is 31.8 Å². The van der Waals surface area contributed by atoms with Crippen molar-refractivity contribution < 1.29 is 28.6 Å². The molecule has 5 atom stereocenters. The summed E-state index contributed by atoms with van der Waals surface area (Å²) in [4.78, 5) is 44.7. The molecule has 2 bridgehead atoms. The number of esters is 1. The monoisotopic (exact) mass is 539 g/mol. The number of nitrogens with one attached hydrogen (secondary N) is 1. The standard InChI is InChI=1S/C30H41N3O6/c1-18(2)28-20(4)11-12-26(35)31-13-7-9-19(3)15-25(34)22(6)21(5)16-27-32-23(17-38-27)29(36)33-14-8-10-24(33)30(37)39-28/h7,9,11-12,15,17-18,20,22,24-25,28,34H,5,8,10,13-14,16H2,1-4,6H3,(H,31,35)/b9-7+,12-11+,19-15+/t20-,22-,24-,25-,28-/m1/s1. The molecule has 0 radical (unpaired) electrons. The van der Waals surface area contributed by atoms with E-state index < -0.39 is 30.1 Å². The van der Waals surface area contributed by atoms with Crippen LogP contribution < -0.4 is 5.32 Å². The van der Waals surface area contributed by atoms with Crippen molar-refractivity contribution in [2.24, 2.45) is 17.8 Å². The normalized spacial score (nSPS) is 31.2. The van der Waals surface area contributed by atoms with Crippen LogP contribution in [0, 0.1) is 17.8 Å². The van der Waals surface area contributed by atoms with Gasteiger partial charge in [0.2, 0.25) is 5.91 Å². The van der Waals surface area contributed by atoms with E-state index in [0.717, 1.165) is 5.57 Å². The Morgan fingerprint density at radius 1 is 1.21 bits per heavy atom. The summed E-state index contributed by atoms with van der Waals surface area (Å²) in [6, 6.07) is -0.716. The Bertz CT molecular complexity index is 1150. The lowest BCUT2D eigenvalue weighted by Gasteiger charge is -2.29. The van der Waals surface area contributed by atoms with Crippen molar-refractivity contribution in [3.05, 3.63) is 66.0 Å². The van der Waals surface area contributed by atoms with E-state index in [0.29, 0.717) is 37.4 Å². The van der Waals surface area contributed by atoms with Crippen molar-refractivity contribution >= 4 is 17.8 Å². The highest BCUT2D eigenvalue weighted by molar-refractivity contribution is 5.95.